The van der Waals surface area contributed by atoms with Crippen molar-refractivity contribution >= 4 is 10.0 Å². The SMILES string of the molecule is NS(=O)(=O)CCCNC1CCCNCC1. The van der Waals surface area contributed by atoms with Crippen LogP contribution in [0.4, 0.5) is 0 Å². The molecule has 1 aliphatic rings. The topological polar surface area (TPSA) is 84.2 Å². The minimum atomic E-state index is -3.29. The van der Waals surface area contributed by atoms with E-state index in [0.717, 1.165) is 26.1 Å². The van der Waals surface area contributed by atoms with Crippen LogP contribution < -0.4 is 15.8 Å². The Morgan fingerprint density at radius 3 is 2.87 bits per heavy atom. The van der Waals surface area contributed by atoms with Gasteiger partial charge in [-0.3, -0.25) is 0 Å². The smallest absolute Gasteiger partial charge is 0.209 e. The molecule has 0 aliphatic carbocycles. The largest absolute Gasteiger partial charge is 0.317 e. The Morgan fingerprint density at radius 2 is 2.13 bits per heavy atom. The molecule has 1 rings (SSSR count). The van der Waals surface area contributed by atoms with E-state index in [1.165, 1.54) is 12.8 Å². The second-order valence-electron chi connectivity index (χ2n) is 4.05. The Bertz CT molecular complexity index is 259. The Labute approximate surface area is 91.9 Å². The van der Waals surface area contributed by atoms with Gasteiger partial charge in [-0.15, -0.1) is 0 Å². The van der Waals surface area contributed by atoms with Gasteiger partial charge in [0.2, 0.25) is 10.0 Å². The highest BCUT2D eigenvalue weighted by Gasteiger charge is 2.10. The maximum Gasteiger partial charge on any atom is 0.209 e. The zero-order valence-electron chi connectivity index (χ0n) is 9.04. The van der Waals surface area contributed by atoms with E-state index in [4.69, 9.17) is 5.14 Å². The normalized spacial score (nSPS) is 23.7. The first-order valence-electron chi connectivity index (χ1n) is 5.52. The zero-order valence-corrected chi connectivity index (χ0v) is 9.85. The maximum atomic E-state index is 10.7. The molecule has 0 saturated carbocycles. The van der Waals surface area contributed by atoms with E-state index in [1.807, 2.05) is 0 Å². The van der Waals surface area contributed by atoms with E-state index in [0.29, 0.717) is 12.5 Å². The van der Waals surface area contributed by atoms with Gasteiger partial charge in [0.05, 0.1) is 5.75 Å². The first kappa shape index (κ1) is 12.9. The number of sulfonamides is 1. The minimum absolute atomic E-state index is 0.0744. The summed E-state index contributed by atoms with van der Waals surface area (Å²) in [4.78, 5) is 0. The number of hydrogen-bond acceptors (Lipinski definition) is 4. The van der Waals surface area contributed by atoms with Crippen molar-refractivity contribution in [3.8, 4) is 0 Å². The highest BCUT2D eigenvalue weighted by atomic mass is 32.2. The first-order valence-corrected chi connectivity index (χ1v) is 7.24. The van der Waals surface area contributed by atoms with Crippen LogP contribution >= 0.6 is 0 Å². The Morgan fingerprint density at radius 1 is 1.33 bits per heavy atom. The molecule has 0 bridgehead atoms. The summed E-state index contributed by atoms with van der Waals surface area (Å²) < 4.78 is 21.4. The molecule has 1 unspecified atom stereocenters. The van der Waals surface area contributed by atoms with Crippen molar-refractivity contribution in [3.05, 3.63) is 0 Å². The van der Waals surface area contributed by atoms with Crippen LogP contribution in [0.25, 0.3) is 0 Å². The van der Waals surface area contributed by atoms with E-state index in [9.17, 15) is 8.42 Å². The van der Waals surface area contributed by atoms with Crippen LogP contribution in [0.5, 0.6) is 0 Å². The molecular weight excluding hydrogens is 214 g/mol. The van der Waals surface area contributed by atoms with Crippen molar-refractivity contribution in [3.63, 3.8) is 0 Å². The predicted octanol–water partition coefficient (Wildman–Crippen LogP) is -0.603. The van der Waals surface area contributed by atoms with Gasteiger partial charge in [0.25, 0.3) is 0 Å². The number of primary sulfonamides is 1. The molecule has 1 saturated heterocycles. The zero-order chi connectivity index (χ0) is 11.1. The van der Waals surface area contributed by atoms with E-state index >= 15 is 0 Å². The molecule has 90 valence electrons. The molecule has 0 aromatic heterocycles. The highest BCUT2D eigenvalue weighted by Crippen LogP contribution is 2.04. The Balaban J connectivity index is 2.08. The summed E-state index contributed by atoms with van der Waals surface area (Å²) in [5.74, 6) is 0.0744. The molecule has 0 radical (unpaired) electrons. The summed E-state index contributed by atoms with van der Waals surface area (Å²) in [7, 11) is -3.29. The molecule has 0 spiro atoms. The summed E-state index contributed by atoms with van der Waals surface area (Å²) in [6.45, 7) is 2.88. The third-order valence-corrected chi connectivity index (χ3v) is 3.47. The van der Waals surface area contributed by atoms with Gasteiger partial charge in [0.15, 0.2) is 0 Å². The summed E-state index contributed by atoms with van der Waals surface area (Å²) in [6, 6.07) is 0.528. The minimum Gasteiger partial charge on any atom is -0.317 e. The second-order valence-corrected chi connectivity index (χ2v) is 5.79. The average molecular weight is 235 g/mol. The van der Waals surface area contributed by atoms with Gasteiger partial charge < -0.3 is 10.6 Å². The van der Waals surface area contributed by atoms with Crippen molar-refractivity contribution < 1.29 is 8.42 Å². The molecule has 1 heterocycles. The number of nitrogens with two attached hydrogens (primary N) is 1. The number of hydrogen-bond donors (Lipinski definition) is 3. The van der Waals surface area contributed by atoms with Crippen LogP contribution in [0.3, 0.4) is 0 Å². The summed E-state index contributed by atoms with van der Waals surface area (Å²) in [6.07, 6.45) is 4.08. The van der Waals surface area contributed by atoms with Gasteiger partial charge in [0.1, 0.15) is 0 Å². The first-order chi connectivity index (χ1) is 7.08. The van der Waals surface area contributed by atoms with Crippen LogP contribution in [0, 0.1) is 0 Å². The van der Waals surface area contributed by atoms with Gasteiger partial charge in [-0.25, -0.2) is 13.6 Å². The lowest BCUT2D eigenvalue weighted by atomic mass is 10.1. The highest BCUT2D eigenvalue weighted by molar-refractivity contribution is 7.89. The number of rotatable bonds is 5. The van der Waals surface area contributed by atoms with Crippen LogP contribution in [0.2, 0.25) is 0 Å². The van der Waals surface area contributed by atoms with E-state index in [1.54, 1.807) is 0 Å². The van der Waals surface area contributed by atoms with Crippen LogP contribution in [0.15, 0.2) is 0 Å². The van der Waals surface area contributed by atoms with E-state index in [2.05, 4.69) is 10.6 Å². The maximum absolute atomic E-state index is 10.7. The monoisotopic (exact) mass is 235 g/mol. The molecule has 0 aromatic carbocycles. The van der Waals surface area contributed by atoms with Crippen molar-refractivity contribution in [1.29, 1.82) is 0 Å². The molecule has 6 heteroatoms. The average Bonchev–Trinajstić information content (AvgIpc) is 2.39. The summed E-state index contributed by atoms with van der Waals surface area (Å²) >= 11 is 0. The molecule has 0 aromatic rings. The summed E-state index contributed by atoms with van der Waals surface area (Å²) in [5.41, 5.74) is 0. The lowest BCUT2D eigenvalue weighted by Gasteiger charge is -2.15. The Hall–Kier alpha value is -0.170. The molecule has 1 atom stereocenters. The third kappa shape index (κ3) is 6.83. The van der Waals surface area contributed by atoms with Crippen molar-refractivity contribution in [2.24, 2.45) is 5.14 Å². The van der Waals surface area contributed by atoms with Gasteiger partial charge in [-0.05, 0) is 45.3 Å². The predicted molar refractivity (Wildman–Crippen MR) is 61.1 cm³/mol. The van der Waals surface area contributed by atoms with E-state index < -0.39 is 10.0 Å². The molecule has 15 heavy (non-hydrogen) atoms. The van der Waals surface area contributed by atoms with Gasteiger partial charge in [-0.1, -0.05) is 0 Å². The summed E-state index contributed by atoms with van der Waals surface area (Å²) in [5, 5.41) is 11.6. The van der Waals surface area contributed by atoms with Crippen molar-refractivity contribution in [2.45, 2.75) is 31.7 Å². The van der Waals surface area contributed by atoms with E-state index in [-0.39, 0.29) is 5.75 Å². The molecule has 0 amide bonds. The van der Waals surface area contributed by atoms with Crippen LogP contribution in [-0.2, 0) is 10.0 Å². The van der Waals surface area contributed by atoms with Gasteiger partial charge >= 0.3 is 0 Å². The molecule has 4 N–H and O–H groups in total. The fourth-order valence-electron chi connectivity index (χ4n) is 1.80. The van der Waals surface area contributed by atoms with Crippen molar-refractivity contribution in [1.82, 2.24) is 10.6 Å². The third-order valence-electron chi connectivity index (χ3n) is 2.61. The van der Waals surface area contributed by atoms with Crippen molar-refractivity contribution in [2.75, 3.05) is 25.4 Å². The van der Waals surface area contributed by atoms with Crippen LogP contribution in [0.1, 0.15) is 25.7 Å². The van der Waals surface area contributed by atoms with Gasteiger partial charge in [-0.2, -0.15) is 0 Å². The second kappa shape index (κ2) is 6.42. The lowest BCUT2D eigenvalue weighted by Crippen LogP contribution is -2.32. The van der Waals surface area contributed by atoms with Gasteiger partial charge in [0, 0.05) is 6.04 Å². The molecular formula is C9H21N3O2S. The quantitative estimate of drug-likeness (QED) is 0.555. The van der Waals surface area contributed by atoms with Crippen LogP contribution in [-0.4, -0.2) is 39.8 Å². The number of nitrogens with one attached hydrogen (secondary N) is 2. The molecule has 1 aliphatic heterocycles. The standard InChI is InChI=1S/C9H21N3O2S/c10-15(13,14)8-2-6-12-9-3-1-5-11-7-4-9/h9,11-12H,1-8H2,(H2,10,13,14). The fraction of sp³-hybridized carbons (Fsp3) is 1.00. The molecule has 1 fully saturated rings. The Kier molecular flexibility index (Phi) is 5.52. The fourth-order valence-corrected chi connectivity index (χ4v) is 2.35. The lowest BCUT2D eigenvalue weighted by molar-refractivity contribution is 0.469. The molecule has 5 nitrogen and oxygen atoms in total.